The predicted octanol–water partition coefficient (Wildman–Crippen LogP) is 3.42. The molecule has 0 amide bonds. The molecule has 1 atom stereocenters. The van der Waals surface area contributed by atoms with Gasteiger partial charge in [-0.1, -0.05) is 45.1 Å². The normalized spacial score (nSPS) is 11.4. The predicted molar refractivity (Wildman–Crippen MR) is 79.2 cm³/mol. The van der Waals surface area contributed by atoms with Gasteiger partial charge in [-0.2, -0.15) is 0 Å². The molecule has 114 valence electrons. The highest BCUT2D eigenvalue weighted by molar-refractivity contribution is 5.69. The summed E-state index contributed by atoms with van der Waals surface area (Å²) in [5.74, 6) is 0.103. The lowest BCUT2D eigenvalue weighted by Gasteiger charge is -2.10. The van der Waals surface area contributed by atoms with Crippen molar-refractivity contribution < 1.29 is 19.1 Å². The topological polar surface area (TPSA) is 52.6 Å². The highest BCUT2D eigenvalue weighted by Crippen LogP contribution is 2.15. The fraction of sp³-hybridized carbons (Fsp3) is 0.625. The molecule has 0 bridgehead atoms. The zero-order valence-corrected chi connectivity index (χ0v) is 12.4. The molecule has 4 nitrogen and oxygen atoms in total. The minimum Gasteiger partial charge on any atom is -0.461 e. The lowest BCUT2D eigenvalue weighted by molar-refractivity contribution is -0.143. The molecule has 0 radical (unpaired) electrons. The Hall–Kier alpha value is -1.58. The van der Waals surface area contributed by atoms with Crippen molar-refractivity contribution >= 4 is 11.9 Å². The summed E-state index contributed by atoms with van der Waals surface area (Å²) in [4.78, 5) is 22.5. The molecule has 20 heavy (non-hydrogen) atoms. The quantitative estimate of drug-likeness (QED) is 0.313. The zero-order chi connectivity index (χ0) is 15.2. The third-order valence-electron chi connectivity index (χ3n) is 2.89. The number of hydrogen-bond donors (Lipinski definition) is 0. The second kappa shape index (κ2) is 12.5. The van der Waals surface area contributed by atoms with E-state index in [-0.39, 0.29) is 25.2 Å². The van der Waals surface area contributed by atoms with Crippen LogP contribution in [0.3, 0.4) is 0 Å². The van der Waals surface area contributed by atoms with Crippen molar-refractivity contribution in [2.75, 3.05) is 13.2 Å². The molecule has 0 fully saturated rings. The highest BCUT2D eigenvalue weighted by atomic mass is 16.5. The fourth-order valence-corrected chi connectivity index (χ4v) is 1.72. The van der Waals surface area contributed by atoms with Crippen molar-refractivity contribution in [3.8, 4) is 0 Å². The zero-order valence-electron chi connectivity index (χ0n) is 12.4. The third kappa shape index (κ3) is 11.5. The van der Waals surface area contributed by atoms with Gasteiger partial charge in [0.15, 0.2) is 0 Å². The van der Waals surface area contributed by atoms with Crippen LogP contribution in [0.1, 0.15) is 45.4 Å². The first kappa shape index (κ1) is 18.4. The van der Waals surface area contributed by atoms with E-state index in [1.165, 1.54) is 0 Å². The second-order valence-electron chi connectivity index (χ2n) is 4.83. The molecule has 0 heterocycles. The summed E-state index contributed by atoms with van der Waals surface area (Å²) >= 11 is 0. The Labute approximate surface area is 121 Å². The molecule has 1 unspecified atom stereocenters. The number of carbonyl (C=O) groups excluding carboxylic acids is 2. The van der Waals surface area contributed by atoms with Gasteiger partial charge in [0.05, 0.1) is 0 Å². The average Bonchev–Trinajstić information content (AvgIpc) is 2.45. The maximum atomic E-state index is 11.3. The van der Waals surface area contributed by atoms with Crippen molar-refractivity contribution in [1.82, 2.24) is 0 Å². The van der Waals surface area contributed by atoms with Crippen molar-refractivity contribution in [3.63, 3.8) is 0 Å². The van der Waals surface area contributed by atoms with Crippen LogP contribution >= 0.6 is 0 Å². The summed E-state index contributed by atoms with van der Waals surface area (Å²) < 4.78 is 9.80. The molecule has 0 aliphatic heterocycles. The van der Waals surface area contributed by atoms with Crippen LogP contribution in [0.15, 0.2) is 25.3 Å². The van der Waals surface area contributed by atoms with Gasteiger partial charge in [0, 0.05) is 12.8 Å². The van der Waals surface area contributed by atoms with E-state index in [1.54, 1.807) is 12.2 Å². The van der Waals surface area contributed by atoms with E-state index < -0.39 is 0 Å². The SMILES string of the molecule is C=CCOC(=O)CCCCC(C)CCC(=O)OCC=C. The number of hydrogen-bond acceptors (Lipinski definition) is 4. The van der Waals surface area contributed by atoms with Gasteiger partial charge in [-0.25, -0.2) is 0 Å². The standard InChI is InChI=1S/C16H26O4/c1-4-12-19-15(17)9-7-6-8-14(3)10-11-16(18)20-13-5-2/h4-5,14H,1-2,6-13H2,3H3. The third-order valence-corrected chi connectivity index (χ3v) is 2.89. The first-order valence-electron chi connectivity index (χ1n) is 7.13. The van der Waals surface area contributed by atoms with Crippen LogP contribution in [-0.4, -0.2) is 25.2 Å². The summed E-state index contributed by atoms with van der Waals surface area (Å²) in [6, 6.07) is 0. The van der Waals surface area contributed by atoms with E-state index in [2.05, 4.69) is 20.1 Å². The second-order valence-corrected chi connectivity index (χ2v) is 4.83. The fourth-order valence-electron chi connectivity index (χ4n) is 1.72. The monoisotopic (exact) mass is 282 g/mol. The summed E-state index contributed by atoms with van der Waals surface area (Å²) in [6.45, 7) is 9.64. The summed E-state index contributed by atoms with van der Waals surface area (Å²) in [5.41, 5.74) is 0. The van der Waals surface area contributed by atoms with Gasteiger partial charge in [0.25, 0.3) is 0 Å². The first-order chi connectivity index (χ1) is 9.60. The molecular formula is C16H26O4. The van der Waals surface area contributed by atoms with E-state index >= 15 is 0 Å². The lowest BCUT2D eigenvalue weighted by Crippen LogP contribution is -2.07. The molecule has 0 saturated carbocycles. The summed E-state index contributed by atoms with van der Waals surface area (Å²) in [7, 11) is 0. The van der Waals surface area contributed by atoms with Crippen LogP contribution in [0.5, 0.6) is 0 Å². The van der Waals surface area contributed by atoms with Crippen LogP contribution in [-0.2, 0) is 19.1 Å². The average molecular weight is 282 g/mol. The molecule has 0 saturated heterocycles. The van der Waals surface area contributed by atoms with Crippen molar-refractivity contribution in [3.05, 3.63) is 25.3 Å². The lowest BCUT2D eigenvalue weighted by atomic mass is 9.98. The molecule has 0 aromatic heterocycles. The Balaban J connectivity index is 3.51. The van der Waals surface area contributed by atoms with Gasteiger partial charge in [0.2, 0.25) is 0 Å². The van der Waals surface area contributed by atoms with E-state index in [4.69, 9.17) is 9.47 Å². The van der Waals surface area contributed by atoms with Gasteiger partial charge in [-0.3, -0.25) is 9.59 Å². The van der Waals surface area contributed by atoms with Gasteiger partial charge >= 0.3 is 11.9 Å². The summed E-state index contributed by atoms with van der Waals surface area (Å²) in [5, 5.41) is 0. The molecule has 0 N–H and O–H groups in total. The van der Waals surface area contributed by atoms with Gasteiger partial charge < -0.3 is 9.47 Å². The molecule has 0 spiro atoms. The maximum absolute atomic E-state index is 11.3. The van der Waals surface area contributed by atoms with Crippen LogP contribution in [0.25, 0.3) is 0 Å². The van der Waals surface area contributed by atoms with E-state index in [9.17, 15) is 9.59 Å². The minimum absolute atomic E-state index is 0.175. The Morgan fingerprint density at radius 2 is 1.50 bits per heavy atom. The van der Waals surface area contributed by atoms with Gasteiger partial charge in [0.1, 0.15) is 13.2 Å². The molecule has 0 rings (SSSR count). The maximum Gasteiger partial charge on any atom is 0.306 e. The molecule has 0 aliphatic rings. The van der Waals surface area contributed by atoms with E-state index in [1.807, 2.05) is 0 Å². The molecule has 0 aromatic carbocycles. The first-order valence-corrected chi connectivity index (χ1v) is 7.13. The van der Waals surface area contributed by atoms with Crippen molar-refractivity contribution in [1.29, 1.82) is 0 Å². The number of esters is 2. The Bertz CT molecular complexity index is 310. The van der Waals surface area contributed by atoms with Crippen LogP contribution in [0, 0.1) is 5.92 Å². The smallest absolute Gasteiger partial charge is 0.306 e. The summed E-state index contributed by atoms with van der Waals surface area (Å²) in [6.07, 6.45) is 7.62. The van der Waals surface area contributed by atoms with E-state index in [0.717, 1.165) is 25.7 Å². The number of carbonyl (C=O) groups is 2. The minimum atomic E-state index is -0.176. The number of unbranched alkanes of at least 4 members (excludes halogenated alkanes) is 1. The van der Waals surface area contributed by atoms with Crippen LogP contribution in [0.2, 0.25) is 0 Å². The molecule has 0 aromatic rings. The Morgan fingerprint density at radius 3 is 2.05 bits per heavy atom. The molecular weight excluding hydrogens is 256 g/mol. The number of ether oxygens (including phenoxy) is 2. The molecule has 0 aliphatic carbocycles. The van der Waals surface area contributed by atoms with E-state index in [0.29, 0.717) is 18.8 Å². The van der Waals surface area contributed by atoms with Crippen molar-refractivity contribution in [2.45, 2.75) is 45.4 Å². The Kier molecular flexibility index (Phi) is 11.5. The van der Waals surface area contributed by atoms with Gasteiger partial charge in [-0.05, 0) is 18.8 Å². The van der Waals surface area contributed by atoms with Crippen LogP contribution in [0.4, 0.5) is 0 Å². The van der Waals surface area contributed by atoms with Crippen molar-refractivity contribution in [2.24, 2.45) is 5.92 Å². The number of rotatable bonds is 12. The highest BCUT2D eigenvalue weighted by Gasteiger charge is 2.08. The largest absolute Gasteiger partial charge is 0.461 e. The van der Waals surface area contributed by atoms with Crippen LogP contribution < -0.4 is 0 Å². The van der Waals surface area contributed by atoms with Gasteiger partial charge in [-0.15, -0.1) is 0 Å². The molecule has 4 heteroatoms. The Morgan fingerprint density at radius 1 is 0.950 bits per heavy atom.